The Kier molecular flexibility index (Phi) is 4.80. The number of carbonyl (C=O) groups is 3. The first-order valence-corrected chi connectivity index (χ1v) is 7.99. The predicted octanol–water partition coefficient (Wildman–Crippen LogP) is 2.61. The molecule has 0 aliphatic carbocycles. The van der Waals surface area contributed by atoms with Crippen LogP contribution in [-0.4, -0.2) is 23.0 Å². The van der Waals surface area contributed by atoms with Gasteiger partial charge in [0.1, 0.15) is 5.75 Å². The van der Waals surface area contributed by atoms with Crippen LogP contribution in [0.5, 0.6) is 5.75 Å². The summed E-state index contributed by atoms with van der Waals surface area (Å²) in [4.78, 5) is 38.7. The first-order chi connectivity index (χ1) is 12.0. The van der Waals surface area contributed by atoms with Gasteiger partial charge >= 0.3 is 5.97 Å². The maximum Gasteiger partial charge on any atom is 0.379 e. The predicted molar refractivity (Wildman–Crippen MR) is 91.9 cm³/mol. The lowest BCUT2D eigenvalue weighted by Crippen LogP contribution is -2.23. The number of nitrogens with one attached hydrogen (secondary N) is 1. The van der Waals surface area contributed by atoms with Crippen LogP contribution in [0.15, 0.2) is 57.0 Å². The largest absolute Gasteiger partial charge is 0.457 e. The van der Waals surface area contributed by atoms with E-state index in [1.54, 1.807) is 36.4 Å². The number of rotatable bonds is 3. The molecule has 25 heavy (non-hydrogen) atoms. The molecule has 0 radical (unpaired) electrons. The highest BCUT2D eigenvalue weighted by molar-refractivity contribution is 8.18. The van der Waals surface area contributed by atoms with Crippen molar-refractivity contribution in [2.75, 3.05) is 0 Å². The van der Waals surface area contributed by atoms with Crippen molar-refractivity contribution in [3.63, 3.8) is 0 Å². The van der Waals surface area contributed by atoms with E-state index in [1.165, 1.54) is 19.3 Å². The van der Waals surface area contributed by atoms with Crippen LogP contribution in [0.4, 0.5) is 0 Å². The van der Waals surface area contributed by atoms with Crippen molar-refractivity contribution >= 4 is 40.8 Å². The zero-order chi connectivity index (χ0) is 17.8. The number of thioether (sulfide) groups is 1. The Morgan fingerprint density at radius 3 is 2.64 bits per heavy atom. The van der Waals surface area contributed by atoms with Gasteiger partial charge in [0.05, 0.1) is 11.2 Å². The van der Waals surface area contributed by atoms with Gasteiger partial charge in [-0.15, -0.1) is 0 Å². The van der Waals surface area contributed by atoms with Gasteiger partial charge in [0, 0.05) is 6.92 Å². The normalized spacial score (nSPS) is 15.2. The van der Waals surface area contributed by atoms with Crippen molar-refractivity contribution in [2.45, 2.75) is 6.92 Å². The SMILES string of the molecule is CC(=O)NC1=NC(=O)/C(=C/c2ccc(OC(=O)c3ccco3)cc2)S1. The van der Waals surface area contributed by atoms with Crippen molar-refractivity contribution in [2.24, 2.45) is 4.99 Å². The summed E-state index contributed by atoms with van der Waals surface area (Å²) in [6, 6.07) is 9.71. The number of furan rings is 1. The molecule has 2 aromatic rings. The van der Waals surface area contributed by atoms with E-state index in [1.807, 2.05) is 0 Å². The molecule has 1 aromatic heterocycles. The summed E-state index contributed by atoms with van der Waals surface area (Å²) in [5.74, 6) is -0.831. The first-order valence-electron chi connectivity index (χ1n) is 7.17. The number of benzene rings is 1. The molecule has 1 N–H and O–H groups in total. The molecule has 0 saturated carbocycles. The Morgan fingerprint density at radius 1 is 1.24 bits per heavy atom. The number of hydrogen-bond donors (Lipinski definition) is 1. The Bertz CT molecular complexity index is 882. The third-order valence-electron chi connectivity index (χ3n) is 3.01. The van der Waals surface area contributed by atoms with E-state index < -0.39 is 11.9 Å². The highest BCUT2D eigenvalue weighted by Crippen LogP contribution is 2.28. The summed E-state index contributed by atoms with van der Waals surface area (Å²) >= 11 is 1.09. The number of carbonyl (C=O) groups excluding carboxylic acids is 3. The second-order valence-electron chi connectivity index (χ2n) is 4.95. The lowest BCUT2D eigenvalue weighted by molar-refractivity contribution is -0.117. The fraction of sp³-hybridized carbons (Fsp3) is 0.0588. The molecular formula is C17H12N2O5S. The maximum atomic E-state index is 11.8. The second-order valence-corrected chi connectivity index (χ2v) is 5.98. The van der Waals surface area contributed by atoms with E-state index in [0.29, 0.717) is 10.7 Å². The molecule has 0 saturated heterocycles. The zero-order valence-corrected chi connectivity index (χ0v) is 13.8. The van der Waals surface area contributed by atoms with Crippen LogP contribution in [0.2, 0.25) is 0 Å². The lowest BCUT2D eigenvalue weighted by atomic mass is 10.2. The maximum absolute atomic E-state index is 11.8. The van der Waals surface area contributed by atoms with Gasteiger partial charge in [0.2, 0.25) is 11.7 Å². The highest BCUT2D eigenvalue weighted by Gasteiger charge is 2.22. The number of nitrogens with zero attached hydrogens (tertiary/aromatic N) is 1. The molecular weight excluding hydrogens is 344 g/mol. The molecule has 7 nitrogen and oxygen atoms in total. The number of amides is 2. The van der Waals surface area contributed by atoms with Crippen LogP contribution in [-0.2, 0) is 9.59 Å². The molecule has 2 amide bonds. The van der Waals surface area contributed by atoms with Crippen LogP contribution in [0, 0.1) is 0 Å². The van der Waals surface area contributed by atoms with Gasteiger partial charge in [-0.25, -0.2) is 4.79 Å². The Hall–Kier alpha value is -3.13. The van der Waals surface area contributed by atoms with E-state index in [2.05, 4.69) is 10.3 Å². The van der Waals surface area contributed by atoms with E-state index in [4.69, 9.17) is 9.15 Å². The summed E-state index contributed by atoms with van der Waals surface area (Å²) in [5.41, 5.74) is 0.730. The van der Waals surface area contributed by atoms with Gasteiger partial charge in [-0.2, -0.15) is 4.99 Å². The average molecular weight is 356 g/mol. The second kappa shape index (κ2) is 7.18. The minimum Gasteiger partial charge on any atom is -0.457 e. The molecule has 8 heteroatoms. The summed E-state index contributed by atoms with van der Waals surface area (Å²) in [7, 11) is 0. The highest BCUT2D eigenvalue weighted by atomic mass is 32.2. The van der Waals surface area contributed by atoms with E-state index in [-0.39, 0.29) is 16.8 Å². The smallest absolute Gasteiger partial charge is 0.379 e. The quantitative estimate of drug-likeness (QED) is 0.516. The molecule has 0 bridgehead atoms. The number of hydrogen-bond acceptors (Lipinski definition) is 6. The van der Waals surface area contributed by atoms with Crippen molar-refractivity contribution < 1.29 is 23.5 Å². The summed E-state index contributed by atoms with van der Waals surface area (Å²) in [5, 5.41) is 2.74. The summed E-state index contributed by atoms with van der Waals surface area (Å²) < 4.78 is 10.1. The lowest BCUT2D eigenvalue weighted by Gasteiger charge is -2.03. The monoisotopic (exact) mass is 356 g/mol. The number of esters is 1. The molecule has 126 valence electrons. The fourth-order valence-electron chi connectivity index (χ4n) is 1.95. The molecule has 1 aliphatic heterocycles. The Morgan fingerprint density at radius 2 is 2.00 bits per heavy atom. The Labute approximate surface area is 146 Å². The van der Waals surface area contributed by atoms with Crippen molar-refractivity contribution in [3.8, 4) is 5.75 Å². The number of amidine groups is 1. The number of ether oxygens (including phenoxy) is 1. The standard InChI is InChI=1S/C17H12N2O5S/c1-10(20)18-17-19-15(21)14(25-17)9-11-4-6-12(7-5-11)24-16(22)13-3-2-8-23-13/h2-9H,1H3,(H,18,19,20,21)/b14-9-. The van der Waals surface area contributed by atoms with Crippen LogP contribution in [0.3, 0.4) is 0 Å². The topological polar surface area (TPSA) is 98.0 Å². The van der Waals surface area contributed by atoms with Crippen LogP contribution in [0.1, 0.15) is 23.0 Å². The van der Waals surface area contributed by atoms with Crippen molar-refractivity contribution in [1.29, 1.82) is 0 Å². The minimum atomic E-state index is -0.592. The third kappa shape index (κ3) is 4.24. The molecule has 1 aliphatic rings. The van der Waals surface area contributed by atoms with E-state index in [9.17, 15) is 14.4 Å². The molecule has 2 heterocycles. The van der Waals surface area contributed by atoms with Gasteiger partial charge in [-0.1, -0.05) is 12.1 Å². The average Bonchev–Trinajstić information content (AvgIpc) is 3.19. The van der Waals surface area contributed by atoms with Gasteiger partial charge in [-0.3, -0.25) is 9.59 Å². The van der Waals surface area contributed by atoms with Crippen LogP contribution in [0.25, 0.3) is 6.08 Å². The van der Waals surface area contributed by atoms with Gasteiger partial charge in [0.15, 0.2) is 5.17 Å². The molecule has 0 unspecified atom stereocenters. The molecule has 0 fully saturated rings. The van der Waals surface area contributed by atoms with Gasteiger partial charge in [0.25, 0.3) is 5.91 Å². The Balaban J connectivity index is 1.66. The van der Waals surface area contributed by atoms with Crippen LogP contribution < -0.4 is 10.1 Å². The minimum absolute atomic E-state index is 0.113. The number of aliphatic imine (C=N–C) groups is 1. The molecule has 1 aromatic carbocycles. The molecule has 0 atom stereocenters. The molecule has 3 rings (SSSR count). The van der Waals surface area contributed by atoms with Gasteiger partial charge in [-0.05, 0) is 47.7 Å². The summed E-state index contributed by atoms with van der Waals surface area (Å²) in [6.45, 7) is 1.35. The van der Waals surface area contributed by atoms with Crippen LogP contribution >= 0.6 is 11.8 Å². The molecule has 0 spiro atoms. The van der Waals surface area contributed by atoms with Gasteiger partial charge < -0.3 is 14.5 Å². The van der Waals surface area contributed by atoms with Crippen molar-refractivity contribution in [1.82, 2.24) is 5.32 Å². The van der Waals surface area contributed by atoms with Crippen molar-refractivity contribution in [3.05, 3.63) is 58.9 Å². The van der Waals surface area contributed by atoms with E-state index >= 15 is 0 Å². The third-order valence-corrected chi connectivity index (χ3v) is 3.91. The fourth-order valence-corrected chi connectivity index (χ4v) is 2.81. The van der Waals surface area contributed by atoms with E-state index in [0.717, 1.165) is 17.3 Å². The zero-order valence-electron chi connectivity index (χ0n) is 13.0. The summed E-state index contributed by atoms with van der Waals surface area (Å²) in [6.07, 6.45) is 3.03. The first kappa shape index (κ1) is 16.7.